The molecule has 0 unspecified atom stereocenters. The van der Waals surface area contributed by atoms with Crippen LogP contribution >= 0.6 is 0 Å². The van der Waals surface area contributed by atoms with E-state index in [2.05, 4.69) is 70.0 Å². The van der Waals surface area contributed by atoms with Crippen molar-refractivity contribution in [2.24, 2.45) is 7.05 Å². The second kappa shape index (κ2) is 10.8. The third kappa shape index (κ3) is 4.59. The zero-order chi connectivity index (χ0) is 25.9. The first-order valence-corrected chi connectivity index (χ1v) is 13.1. The van der Waals surface area contributed by atoms with E-state index in [1.807, 2.05) is 18.2 Å². The van der Waals surface area contributed by atoms with Crippen LogP contribution in [0.1, 0.15) is 6.42 Å². The topological polar surface area (TPSA) is 61.6 Å². The third-order valence-corrected chi connectivity index (χ3v) is 7.29. The van der Waals surface area contributed by atoms with Gasteiger partial charge in [0, 0.05) is 54.6 Å². The number of para-hydroxylation sites is 1. The number of morpholine rings is 1. The van der Waals surface area contributed by atoms with Gasteiger partial charge in [0.2, 0.25) is 0 Å². The van der Waals surface area contributed by atoms with Gasteiger partial charge in [0.15, 0.2) is 11.5 Å². The quantitative estimate of drug-likeness (QED) is 0.256. The molecule has 0 N–H and O–H groups in total. The van der Waals surface area contributed by atoms with Gasteiger partial charge in [0.25, 0.3) is 0 Å². The van der Waals surface area contributed by atoms with Crippen molar-refractivity contribution in [2.45, 2.75) is 6.42 Å². The minimum atomic E-state index is 0.603. The SMILES string of the molecule is COc1cc2ncnc(-c3c(-c4ccccc4)n(C)c4ccccc34)c2cc1OCCCN1CCOCC1. The molecule has 0 saturated carbocycles. The van der Waals surface area contributed by atoms with Crippen molar-refractivity contribution >= 4 is 21.8 Å². The van der Waals surface area contributed by atoms with Crippen LogP contribution in [-0.4, -0.2) is 66.0 Å². The van der Waals surface area contributed by atoms with E-state index in [1.54, 1.807) is 13.4 Å². The fraction of sp³-hybridized carbons (Fsp3) is 0.290. The summed E-state index contributed by atoms with van der Waals surface area (Å²) in [6.45, 7) is 5.17. The van der Waals surface area contributed by atoms with Crippen molar-refractivity contribution in [2.75, 3.05) is 46.6 Å². The summed E-state index contributed by atoms with van der Waals surface area (Å²) in [4.78, 5) is 11.9. The first-order valence-electron chi connectivity index (χ1n) is 13.1. The highest BCUT2D eigenvalue weighted by Gasteiger charge is 2.22. The highest BCUT2D eigenvalue weighted by atomic mass is 16.5. The molecule has 0 amide bonds. The fourth-order valence-electron chi connectivity index (χ4n) is 5.40. The molecule has 194 valence electrons. The maximum absolute atomic E-state index is 6.28. The van der Waals surface area contributed by atoms with Gasteiger partial charge in [-0.05, 0) is 24.1 Å². The standard InChI is InChI=1S/C31H32N4O3/c1-34-26-12-7-6-11-23(26)29(31(34)22-9-4-3-5-10-22)30-24-19-28(27(36-2)20-25(24)32-21-33-30)38-16-8-13-35-14-17-37-18-15-35/h3-7,9-12,19-21H,8,13-18H2,1-2H3. The van der Waals surface area contributed by atoms with Gasteiger partial charge in [0.1, 0.15) is 6.33 Å². The van der Waals surface area contributed by atoms with Crippen molar-refractivity contribution in [3.8, 4) is 34.0 Å². The molecule has 0 bridgehead atoms. The van der Waals surface area contributed by atoms with E-state index in [9.17, 15) is 0 Å². The van der Waals surface area contributed by atoms with Crippen molar-refractivity contribution in [3.63, 3.8) is 0 Å². The van der Waals surface area contributed by atoms with Crippen molar-refractivity contribution in [1.82, 2.24) is 19.4 Å². The van der Waals surface area contributed by atoms with E-state index in [-0.39, 0.29) is 0 Å². The number of hydrogen-bond acceptors (Lipinski definition) is 6. The van der Waals surface area contributed by atoms with Gasteiger partial charge in [0.05, 0.1) is 43.8 Å². The molecule has 6 rings (SSSR count). The minimum absolute atomic E-state index is 0.603. The first kappa shape index (κ1) is 24.4. The lowest BCUT2D eigenvalue weighted by Gasteiger charge is -2.26. The third-order valence-electron chi connectivity index (χ3n) is 7.29. The molecule has 0 atom stereocenters. The average molecular weight is 509 g/mol. The molecular formula is C31H32N4O3. The predicted molar refractivity (Wildman–Crippen MR) is 151 cm³/mol. The highest BCUT2D eigenvalue weighted by Crippen LogP contribution is 2.43. The molecule has 2 aromatic heterocycles. The smallest absolute Gasteiger partial charge is 0.162 e. The van der Waals surface area contributed by atoms with Crippen LogP contribution in [0.3, 0.4) is 0 Å². The lowest BCUT2D eigenvalue weighted by molar-refractivity contribution is 0.0357. The van der Waals surface area contributed by atoms with E-state index >= 15 is 0 Å². The van der Waals surface area contributed by atoms with Crippen LogP contribution in [0.5, 0.6) is 11.5 Å². The summed E-state index contributed by atoms with van der Waals surface area (Å²) in [5.74, 6) is 1.38. The van der Waals surface area contributed by atoms with Crippen LogP contribution in [0.25, 0.3) is 44.3 Å². The Labute approximate surface area is 222 Å². The lowest BCUT2D eigenvalue weighted by atomic mass is 9.99. The van der Waals surface area contributed by atoms with Crippen LogP contribution < -0.4 is 9.47 Å². The number of hydrogen-bond donors (Lipinski definition) is 0. The minimum Gasteiger partial charge on any atom is -0.493 e. The summed E-state index contributed by atoms with van der Waals surface area (Å²) < 4.78 is 19.7. The molecular weight excluding hydrogens is 476 g/mol. The van der Waals surface area contributed by atoms with E-state index in [1.165, 1.54) is 0 Å². The van der Waals surface area contributed by atoms with Gasteiger partial charge >= 0.3 is 0 Å². The van der Waals surface area contributed by atoms with E-state index < -0.39 is 0 Å². The van der Waals surface area contributed by atoms with E-state index in [0.29, 0.717) is 18.1 Å². The Morgan fingerprint density at radius 1 is 0.895 bits per heavy atom. The Kier molecular flexibility index (Phi) is 6.94. The molecule has 5 aromatic rings. The molecule has 0 aliphatic carbocycles. The molecule has 0 spiro atoms. The lowest BCUT2D eigenvalue weighted by Crippen LogP contribution is -2.37. The fourth-order valence-corrected chi connectivity index (χ4v) is 5.40. The number of methoxy groups -OCH3 is 1. The number of nitrogens with zero attached hydrogens (tertiary/aromatic N) is 4. The van der Waals surface area contributed by atoms with Gasteiger partial charge in [-0.25, -0.2) is 9.97 Å². The van der Waals surface area contributed by atoms with Crippen LogP contribution in [0.4, 0.5) is 0 Å². The normalized spacial score (nSPS) is 14.3. The molecule has 3 aromatic carbocycles. The monoisotopic (exact) mass is 508 g/mol. The number of fused-ring (bicyclic) bond motifs is 2. The second-order valence-electron chi connectivity index (χ2n) is 9.56. The molecule has 1 aliphatic rings. The van der Waals surface area contributed by atoms with E-state index in [4.69, 9.17) is 19.2 Å². The number of aryl methyl sites for hydroxylation is 1. The highest BCUT2D eigenvalue weighted by molar-refractivity contribution is 6.09. The second-order valence-corrected chi connectivity index (χ2v) is 9.56. The Hall–Kier alpha value is -3.94. The summed E-state index contributed by atoms with van der Waals surface area (Å²) in [6, 6.07) is 22.9. The molecule has 7 nitrogen and oxygen atoms in total. The van der Waals surface area contributed by atoms with Gasteiger partial charge in [-0.3, -0.25) is 4.90 Å². The molecule has 3 heterocycles. The Bertz CT molecular complexity index is 1560. The van der Waals surface area contributed by atoms with E-state index in [0.717, 1.165) is 83.6 Å². The maximum Gasteiger partial charge on any atom is 0.162 e. The van der Waals surface area contributed by atoms with Crippen LogP contribution in [0.15, 0.2) is 73.1 Å². The summed E-state index contributed by atoms with van der Waals surface area (Å²) in [5.41, 5.74) is 6.20. The summed E-state index contributed by atoms with van der Waals surface area (Å²) >= 11 is 0. The summed E-state index contributed by atoms with van der Waals surface area (Å²) in [6.07, 6.45) is 2.57. The van der Waals surface area contributed by atoms with Crippen LogP contribution in [0, 0.1) is 0 Å². The molecule has 7 heteroatoms. The number of benzene rings is 3. The number of aromatic nitrogens is 3. The van der Waals surface area contributed by atoms with Gasteiger partial charge < -0.3 is 18.8 Å². The molecule has 1 fully saturated rings. The number of ether oxygens (including phenoxy) is 3. The number of rotatable bonds is 8. The van der Waals surface area contributed by atoms with Crippen molar-refractivity contribution in [1.29, 1.82) is 0 Å². The molecule has 1 saturated heterocycles. The summed E-state index contributed by atoms with van der Waals surface area (Å²) in [5, 5.41) is 2.09. The van der Waals surface area contributed by atoms with Crippen LogP contribution in [-0.2, 0) is 11.8 Å². The van der Waals surface area contributed by atoms with Gasteiger partial charge in [-0.1, -0.05) is 48.5 Å². The van der Waals surface area contributed by atoms with Gasteiger partial charge in [-0.15, -0.1) is 0 Å². The average Bonchev–Trinajstić information content (AvgIpc) is 3.27. The van der Waals surface area contributed by atoms with Crippen molar-refractivity contribution in [3.05, 3.63) is 73.1 Å². The molecule has 1 aliphatic heterocycles. The Balaban J connectivity index is 1.42. The predicted octanol–water partition coefficient (Wildman–Crippen LogP) is 5.57. The first-order chi connectivity index (χ1) is 18.7. The van der Waals surface area contributed by atoms with Crippen LogP contribution in [0.2, 0.25) is 0 Å². The van der Waals surface area contributed by atoms with Gasteiger partial charge in [-0.2, -0.15) is 0 Å². The molecule has 0 radical (unpaired) electrons. The molecule has 38 heavy (non-hydrogen) atoms. The zero-order valence-electron chi connectivity index (χ0n) is 21.9. The Morgan fingerprint density at radius 3 is 2.50 bits per heavy atom. The largest absolute Gasteiger partial charge is 0.493 e. The van der Waals surface area contributed by atoms with Crippen molar-refractivity contribution < 1.29 is 14.2 Å². The summed E-state index contributed by atoms with van der Waals surface area (Å²) in [7, 11) is 3.78. The zero-order valence-corrected chi connectivity index (χ0v) is 21.9. The Morgan fingerprint density at radius 2 is 1.68 bits per heavy atom. The maximum atomic E-state index is 6.28.